The molecule has 0 spiro atoms. The number of rotatable bonds is 8. The Labute approximate surface area is 194 Å². The van der Waals surface area contributed by atoms with Crippen molar-refractivity contribution in [3.05, 3.63) is 46.3 Å². The number of aromatic nitrogens is 1. The van der Waals surface area contributed by atoms with Crippen molar-refractivity contribution in [1.82, 2.24) is 9.88 Å². The average Bonchev–Trinajstić information content (AvgIpc) is 3.15. The van der Waals surface area contributed by atoms with Crippen LogP contribution in [0.1, 0.15) is 51.0 Å². The Morgan fingerprint density at radius 2 is 1.67 bits per heavy atom. The summed E-state index contributed by atoms with van der Waals surface area (Å²) in [5.74, 6) is 1.53. The first-order valence-electron chi connectivity index (χ1n) is 10.8. The van der Waals surface area contributed by atoms with E-state index in [0.29, 0.717) is 52.9 Å². The molecule has 0 radical (unpaired) electrons. The lowest BCUT2D eigenvalue weighted by Crippen LogP contribution is -2.41. The zero-order chi connectivity index (χ0) is 24.3. The largest absolute Gasteiger partial charge is 0.496 e. The monoisotopic (exact) mass is 456 g/mol. The summed E-state index contributed by atoms with van der Waals surface area (Å²) in [6.45, 7) is 6.73. The zero-order valence-electron chi connectivity index (χ0n) is 20.3. The van der Waals surface area contributed by atoms with Crippen LogP contribution in [0.2, 0.25) is 0 Å². The summed E-state index contributed by atoms with van der Waals surface area (Å²) in [7, 11) is 6.18. The average molecular weight is 457 g/mol. The maximum Gasteiger partial charge on any atom is 0.339 e. The van der Waals surface area contributed by atoms with Gasteiger partial charge in [0.2, 0.25) is 0 Å². The van der Waals surface area contributed by atoms with Crippen molar-refractivity contribution in [3.63, 3.8) is 0 Å². The van der Waals surface area contributed by atoms with Crippen molar-refractivity contribution in [3.8, 4) is 17.2 Å². The fourth-order valence-corrected chi connectivity index (χ4v) is 4.37. The molecule has 8 nitrogen and oxygen atoms in total. The number of ketones is 1. The summed E-state index contributed by atoms with van der Waals surface area (Å²) >= 11 is 0. The summed E-state index contributed by atoms with van der Waals surface area (Å²) in [6, 6.07) is 3.32. The van der Waals surface area contributed by atoms with Crippen LogP contribution in [-0.2, 0) is 4.74 Å². The molecular weight excluding hydrogens is 424 g/mol. The van der Waals surface area contributed by atoms with Crippen molar-refractivity contribution >= 4 is 17.3 Å². The highest BCUT2D eigenvalue weighted by atomic mass is 16.5. The van der Waals surface area contributed by atoms with Crippen LogP contribution in [0.3, 0.4) is 0 Å². The maximum absolute atomic E-state index is 13.3. The van der Waals surface area contributed by atoms with E-state index in [2.05, 4.69) is 16.0 Å². The van der Waals surface area contributed by atoms with Crippen LogP contribution >= 0.6 is 0 Å². The van der Waals surface area contributed by atoms with Crippen LogP contribution in [0.4, 0.5) is 0 Å². The molecule has 0 unspecified atom stereocenters. The summed E-state index contributed by atoms with van der Waals surface area (Å²) in [5.41, 5.74) is 4.13. The number of nitrogens with zero attached hydrogens (tertiary/aromatic N) is 1. The molecule has 0 aliphatic carbocycles. The van der Waals surface area contributed by atoms with Crippen LogP contribution in [0.25, 0.3) is 5.57 Å². The molecule has 33 heavy (non-hydrogen) atoms. The van der Waals surface area contributed by atoms with Crippen LogP contribution in [-0.4, -0.2) is 69.2 Å². The molecule has 3 rings (SSSR count). The lowest BCUT2D eigenvalue weighted by Gasteiger charge is -2.31. The van der Waals surface area contributed by atoms with Crippen molar-refractivity contribution < 1.29 is 28.5 Å². The van der Waals surface area contributed by atoms with E-state index in [1.807, 2.05) is 19.1 Å². The first-order chi connectivity index (χ1) is 15.8. The number of methoxy groups -OCH3 is 4. The Kier molecular flexibility index (Phi) is 7.48. The van der Waals surface area contributed by atoms with Gasteiger partial charge in [-0.2, -0.15) is 0 Å². The number of nitrogens with one attached hydrogen (secondary N) is 1. The molecule has 0 amide bonds. The number of ether oxygens (including phenoxy) is 4. The number of hydrogen-bond donors (Lipinski definition) is 1. The van der Waals surface area contributed by atoms with Gasteiger partial charge in [0.1, 0.15) is 17.2 Å². The molecule has 1 N–H and O–H groups in total. The maximum atomic E-state index is 13.3. The zero-order valence-corrected chi connectivity index (χ0v) is 20.3. The van der Waals surface area contributed by atoms with Gasteiger partial charge in [-0.3, -0.25) is 9.69 Å². The molecule has 0 saturated carbocycles. The van der Waals surface area contributed by atoms with E-state index >= 15 is 0 Å². The number of aromatic amines is 1. The second kappa shape index (κ2) is 10.1. The van der Waals surface area contributed by atoms with Gasteiger partial charge in [-0.1, -0.05) is 6.08 Å². The number of carbonyl (C=O) groups excluding carboxylic acids is 2. The lowest BCUT2D eigenvalue weighted by atomic mass is 9.95. The Bertz CT molecular complexity index is 1060. The molecule has 2 aromatic rings. The topological polar surface area (TPSA) is 90.1 Å². The molecule has 178 valence electrons. The van der Waals surface area contributed by atoms with E-state index in [1.54, 1.807) is 35.2 Å². The summed E-state index contributed by atoms with van der Waals surface area (Å²) in [6.07, 6.45) is 2.83. The van der Waals surface area contributed by atoms with Crippen molar-refractivity contribution in [2.75, 3.05) is 41.5 Å². The number of Topliss-reactive ketones (excluding diaryl/α,β-unsaturated/α-hetero) is 1. The van der Waals surface area contributed by atoms with E-state index in [9.17, 15) is 9.59 Å². The van der Waals surface area contributed by atoms with E-state index in [1.165, 1.54) is 7.11 Å². The highest BCUT2D eigenvalue weighted by Gasteiger charge is 2.30. The minimum atomic E-state index is -0.444. The minimum Gasteiger partial charge on any atom is -0.496 e. The molecule has 1 aromatic carbocycles. The van der Waals surface area contributed by atoms with E-state index in [0.717, 1.165) is 17.6 Å². The van der Waals surface area contributed by atoms with Gasteiger partial charge in [-0.15, -0.1) is 0 Å². The Morgan fingerprint density at radius 1 is 1.03 bits per heavy atom. The smallest absolute Gasteiger partial charge is 0.339 e. The third-order valence-corrected chi connectivity index (χ3v) is 6.28. The van der Waals surface area contributed by atoms with Crippen molar-refractivity contribution in [2.24, 2.45) is 0 Å². The highest BCUT2D eigenvalue weighted by Crippen LogP contribution is 2.41. The highest BCUT2D eigenvalue weighted by molar-refractivity contribution is 6.03. The SMILES string of the molecule is COC(=O)c1c(C)[nH]c(C(=O)[C@H](C)N2CC=C(c3c(OC)cc(OC)cc3OC)CC2)c1C. The van der Waals surface area contributed by atoms with E-state index < -0.39 is 5.97 Å². The molecule has 1 aliphatic heterocycles. The number of benzene rings is 1. The predicted molar refractivity (Wildman–Crippen MR) is 126 cm³/mol. The Balaban J connectivity index is 1.83. The fraction of sp³-hybridized carbons (Fsp3) is 0.440. The third-order valence-electron chi connectivity index (χ3n) is 6.28. The Morgan fingerprint density at radius 3 is 2.15 bits per heavy atom. The molecule has 1 aliphatic rings. The van der Waals surface area contributed by atoms with Gasteiger partial charge < -0.3 is 23.9 Å². The summed E-state index contributed by atoms with van der Waals surface area (Å²) < 4.78 is 21.4. The molecular formula is C25H32N2O6. The number of carbonyl (C=O) groups is 2. The molecule has 2 heterocycles. The normalized spacial score (nSPS) is 14.9. The van der Waals surface area contributed by atoms with E-state index in [4.69, 9.17) is 18.9 Å². The summed E-state index contributed by atoms with van der Waals surface area (Å²) in [4.78, 5) is 30.5. The van der Waals surface area contributed by atoms with Gasteiger partial charge in [0.25, 0.3) is 0 Å². The van der Waals surface area contributed by atoms with Crippen molar-refractivity contribution in [1.29, 1.82) is 0 Å². The van der Waals surface area contributed by atoms with Gasteiger partial charge >= 0.3 is 5.97 Å². The van der Waals surface area contributed by atoms with Crippen LogP contribution in [0.15, 0.2) is 18.2 Å². The van der Waals surface area contributed by atoms with Gasteiger partial charge in [0.15, 0.2) is 5.78 Å². The molecule has 0 saturated heterocycles. The molecule has 0 bridgehead atoms. The van der Waals surface area contributed by atoms with Crippen LogP contribution in [0, 0.1) is 13.8 Å². The van der Waals surface area contributed by atoms with Crippen LogP contribution in [0.5, 0.6) is 17.2 Å². The van der Waals surface area contributed by atoms with Gasteiger partial charge in [-0.05, 0) is 38.3 Å². The standard InChI is InChI=1S/C25H32N2O6/c1-14-21(25(29)33-7)15(2)26-23(14)24(28)16(3)27-10-8-17(9-11-27)22-19(31-5)12-18(30-4)13-20(22)32-6/h8,12-13,16,26H,9-11H2,1-7H3/t16-/m0/s1. The van der Waals surface area contributed by atoms with Gasteiger partial charge in [-0.25, -0.2) is 4.79 Å². The second-order valence-electron chi connectivity index (χ2n) is 8.04. The number of aryl methyl sites for hydroxylation is 1. The fourth-order valence-electron chi connectivity index (χ4n) is 4.37. The number of esters is 1. The third kappa shape index (κ3) is 4.61. The first-order valence-corrected chi connectivity index (χ1v) is 10.8. The Hall–Kier alpha value is -3.26. The van der Waals surface area contributed by atoms with Gasteiger partial charge in [0, 0.05) is 30.9 Å². The van der Waals surface area contributed by atoms with Gasteiger partial charge in [0.05, 0.1) is 51.3 Å². The van der Waals surface area contributed by atoms with Crippen LogP contribution < -0.4 is 14.2 Å². The molecule has 8 heteroatoms. The predicted octanol–water partition coefficient (Wildman–Crippen LogP) is 3.80. The lowest BCUT2D eigenvalue weighted by molar-refractivity contribution is 0.0599. The molecule has 1 aromatic heterocycles. The summed E-state index contributed by atoms with van der Waals surface area (Å²) in [5, 5.41) is 0. The molecule has 0 fully saturated rings. The quantitative estimate of drug-likeness (QED) is 0.477. The van der Waals surface area contributed by atoms with E-state index in [-0.39, 0.29) is 11.8 Å². The second-order valence-corrected chi connectivity index (χ2v) is 8.04. The minimum absolute atomic E-state index is 0.0535. The number of H-pyrrole nitrogens is 1. The molecule has 1 atom stereocenters. The van der Waals surface area contributed by atoms with Crippen molar-refractivity contribution in [2.45, 2.75) is 33.2 Å². The number of hydrogen-bond acceptors (Lipinski definition) is 7. The first kappa shape index (κ1) is 24.4.